The highest BCUT2D eigenvalue weighted by Crippen LogP contribution is 2.31. The predicted octanol–water partition coefficient (Wildman–Crippen LogP) is 2.66. The normalized spacial score (nSPS) is 25.9. The van der Waals surface area contributed by atoms with E-state index < -0.39 is 17.8 Å². The van der Waals surface area contributed by atoms with Gasteiger partial charge in [0.15, 0.2) is 0 Å². The number of benzene rings is 1. The molecule has 2 atom stereocenters. The maximum absolute atomic E-state index is 12.9. The zero-order valence-corrected chi connectivity index (χ0v) is 18.0. The van der Waals surface area contributed by atoms with E-state index in [0.29, 0.717) is 25.9 Å². The number of para-hydroxylation sites is 1. The molecule has 31 heavy (non-hydrogen) atoms. The summed E-state index contributed by atoms with van der Waals surface area (Å²) in [6.07, 6.45) is 5.09. The first kappa shape index (κ1) is 21.5. The van der Waals surface area contributed by atoms with Gasteiger partial charge in [0.05, 0.1) is 6.67 Å². The summed E-state index contributed by atoms with van der Waals surface area (Å²) in [6, 6.07) is 8.69. The van der Waals surface area contributed by atoms with E-state index in [4.69, 9.17) is 0 Å². The van der Waals surface area contributed by atoms with E-state index in [1.54, 1.807) is 0 Å². The number of imide groups is 2. The van der Waals surface area contributed by atoms with E-state index in [1.165, 1.54) is 4.90 Å². The molecule has 1 N–H and O–H groups in total. The number of urea groups is 1. The molecule has 2 saturated heterocycles. The minimum absolute atomic E-state index is 0.00758. The van der Waals surface area contributed by atoms with Crippen LogP contribution in [0, 0.1) is 11.8 Å². The standard InChI is InChI=1S/C23H30N4O4/c1-16-7-5-6-10-19(16)27-22(30)21(29)26(23(27)31)15-25-13-11-17(12-14-25)20(28)24-18-8-3-2-4-9-18/h2-4,8-9,16-17,19H,5-7,10-15H2,1H3,(H,24,28)/t16-,19-/m0/s1. The van der Waals surface area contributed by atoms with Crippen LogP contribution in [0.15, 0.2) is 30.3 Å². The van der Waals surface area contributed by atoms with E-state index in [-0.39, 0.29) is 30.5 Å². The molecule has 8 nitrogen and oxygen atoms in total. The number of amides is 5. The first-order valence-electron chi connectivity index (χ1n) is 11.2. The molecular weight excluding hydrogens is 396 g/mol. The average molecular weight is 427 g/mol. The monoisotopic (exact) mass is 426 g/mol. The lowest BCUT2D eigenvalue weighted by Gasteiger charge is -2.35. The molecule has 5 amide bonds. The second-order valence-electron chi connectivity index (χ2n) is 8.91. The van der Waals surface area contributed by atoms with E-state index in [1.807, 2.05) is 42.2 Å². The molecule has 2 aliphatic heterocycles. The number of likely N-dealkylation sites (tertiary alicyclic amines) is 1. The highest BCUT2D eigenvalue weighted by atomic mass is 16.2. The molecule has 4 rings (SSSR count). The van der Waals surface area contributed by atoms with Crippen LogP contribution in [0.25, 0.3) is 0 Å². The summed E-state index contributed by atoms with van der Waals surface area (Å²) < 4.78 is 0. The van der Waals surface area contributed by atoms with Gasteiger partial charge in [-0.15, -0.1) is 0 Å². The number of anilines is 1. The van der Waals surface area contributed by atoms with Gasteiger partial charge >= 0.3 is 17.8 Å². The summed E-state index contributed by atoms with van der Waals surface area (Å²) in [5.74, 6) is -1.32. The van der Waals surface area contributed by atoms with Crippen LogP contribution in [0.4, 0.5) is 10.5 Å². The van der Waals surface area contributed by atoms with Crippen molar-refractivity contribution in [3.63, 3.8) is 0 Å². The number of hydrogen-bond acceptors (Lipinski definition) is 5. The first-order chi connectivity index (χ1) is 15.0. The Morgan fingerprint density at radius 2 is 1.65 bits per heavy atom. The summed E-state index contributed by atoms with van der Waals surface area (Å²) in [7, 11) is 0. The summed E-state index contributed by atoms with van der Waals surface area (Å²) >= 11 is 0. The van der Waals surface area contributed by atoms with Crippen LogP contribution < -0.4 is 5.32 Å². The number of rotatable bonds is 5. The third-order valence-corrected chi connectivity index (χ3v) is 6.82. The molecule has 0 spiro atoms. The molecule has 166 valence electrons. The van der Waals surface area contributed by atoms with Gasteiger partial charge in [-0.2, -0.15) is 0 Å². The van der Waals surface area contributed by atoms with Crippen molar-refractivity contribution >= 4 is 29.4 Å². The summed E-state index contributed by atoms with van der Waals surface area (Å²) in [4.78, 5) is 54.8. The van der Waals surface area contributed by atoms with Crippen molar-refractivity contribution in [3.8, 4) is 0 Å². The van der Waals surface area contributed by atoms with Gasteiger partial charge in [-0.1, -0.05) is 38.0 Å². The van der Waals surface area contributed by atoms with Crippen molar-refractivity contribution in [2.45, 2.75) is 51.5 Å². The van der Waals surface area contributed by atoms with Gasteiger partial charge in [0, 0.05) is 30.7 Å². The van der Waals surface area contributed by atoms with Crippen LogP contribution in [-0.2, 0) is 14.4 Å². The third kappa shape index (κ3) is 4.49. The fourth-order valence-corrected chi connectivity index (χ4v) is 4.92. The van der Waals surface area contributed by atoms with Crippen molar-refractivity contribution in [3.05, 3.63) is 30.3 Å². The number of carbonyl (C=O) groups excluding carboxylic acids is 4. The Hall–Kier alpha value is -2.74. The van der Waals surface area contributed by atoms with E-state index >= 15 is 0 Å². The third-order valence-electron chi connectivity index (χ3n) is 6.82. The second kappa shape index (κ2) is 9.18. The maximum Gasteiger partial charge on any atom is 0.335 e. The minimum atomic E-state index is -0.730. The second-order valence-corrected chi connectivity index (χ2v) is 8.91. The van der Waals surface area contributed by atoms with Gasteiger partial charge in [0.25, 0.3) is 0 Å². The molecule has 2 heterocycles. The van der Waals surface area contributed by atoms with Crippen molar-refractivity contribution in [1.29, 1.82) is 0 Å². The molecule has 1 aliphatic carbocycles. The van der Waals surface area contributed by atoms with Crippen molar-refractivity contribution in [2.75, 3.05) is 25.1 Å². The largest absolute Gasteiger partial charge is 0.335 e. The van der Waals surface area contributed by atoms with Gasteiger partial charge in [0.2, 0.25) is 5.91 Å². The minimum Gasteiger partial charge on any atom is -0.326 e. The van der Waals surface area contributed by atoms with Crippen LogP contribution in [0.1, 0.15) is 45.4 Å². The molecule has 1 aromatic rings. The van der Waals surface area contributed by atoms with Gasteiger partial charge in [0.1, 0.15) is 0 Å². The Balaban J connectivity index is 1.32. The number of nitrogens with one attached hydrogen (secondary N) is 1. The van der Waals surface area contributed by atoms with Crippen LogP contribution in [0.5, 0.6) is 0 Å². The Kier molecular flexibility index (Phi) is 6.36. The zero-order valence-electron chi connectivity index (χ0n) is 18.0. The van der Waals surface area contributed by atoms with Crippen LogP contribution in [0.3, 0.4) is 0 Å². The van der Waals surface area contributed by atoms with Crippen molar-refractivity contribution in [2.24, 2.45) is 11.8 Å². The molecular formula is C23H30N4O4. The molecule has 3 fully saturated rings. The number of piperidine rings is 1. The zero-order chi connectivity index (χ0) is 22.0. The summed E-state index contributed by atoms with van der Waals surface area (Å²) in [5, 5.41) is 2.94. The molecule has 0 bridgehead atoms. The Labute approximate surface area is 182 Å². The lowest BCUT2D eigenvalue weighted by molar-refractivity contribution is -0.145. The van der Waals surface area contributed by atoms with E-state index in [9.17, 15) is 19.2 Å². The fourth-order valence-electron chi connectivity index (χ4n) is 4.92. The van der Waals surface area contributed by atoms with E-state index in [2.05, 4.69) is 5.32 Å². The lowest BCUT2D eigenvalue weighted by atomic mass is 9.85. The molecule has 0 radical (unpaired) electrons. The molecule has 1 aromatic carbocycles. The predicted molar refractivity (Wildman–Crippen MR) is 115 cm³/mol. The Morgan fingerprint density at radius 3 is 2.32 bits per heavy atom. The van der Waals surface area contributed by atoms with Crippen LogP contribution in [-0.4, -0.2) is 64.3 Å². The Morgan fingerprint density at radius 1 is 0.968 bits per heavy atom. The quantitative estimate of drug-likeness (QED) is 0.578. The van der Waals surface area contributed by atoms with Gasteiger partial charge < -0.3 is 5.32 Å². The van der Waals surface area contributed by atoms with Gasteiger partial charge in [-0.05, 0) is 43.7 Å². The van der Waals surface area contributed by atoms with Crippen LogP contribution in [0.2, 0.25) is 0 Å². The molecule has 3 aliphatic rings. The average Bonchev–Trinajstić information content (AvgIpc) is 2.98. The van der Waals surface area contributed by atoms with Crippen molar-refractivity contribution in [1.82, 2.24) is 14.7 Å². The van der Waals surface area contributed by atoms with Gasteiger partial charge in [-0.25, -0.2) is 9.69 Å². The van der Waals surface area contributed by atoms with Crippen molar-refractivity contribution < 1.29 is 19.2 Å². The Bertz CT molecular complexity index is 850. The lowest BCUT2D eigenvalue weighted by Crippen LogP contribution is -2.48. The molecule has 0 aromatic heterocycles. The molecule has 8 heteroatoms. The van der Waals surface area contributed by atoms with E-state index in [0.717, 1.165) is 36.3 Å². The molecule has 0 unspecified atom stereocenters. The van der Waals surface area contributed by atoms with Gasteiger partial charge in [-0.3, -0.25) is 24.2 Å². The van der Waals surface area contributed by atoms with Crippen LogP contribution >= 0.6 is 0 Å². The first-order valence-corrected chi connectivity index (χ1v) is 11.2. The number of nitrogens with zero attached hydrogens (tertiary/aromatic N) is 3. The maximum atomic E-state index is 12.9. The molecule has 1 saturated carbocycles. The highest BCUT2D eigenvalue weighted by Gasteiger charge is 2.49. The fraction of sp³-hybridized carbons (Fsp3) is 0.565. The summed E-state index contributed by atoms with van der Waals surface area (Å²) in [5.41, 5.74) is 0.777. The number of carbonyl (C=O) groups is 4. The highest BCUT2D eigenvalue weighted by molar-refractivity contribution is 6.44. The number of hydrogen-bond donors (Lipinski definition) is 1. The smallest absolute Gasteiger partial charge is 0.326 e. The SMILES string of the molecule is C[C@H]1CCCC[C@@H]1N1C(=O)C(=O)N(CN2CCC(C(=O)Nc3ccccc3)CC2)C1=O. The summed E-state index contributed by atoms with van der Waals surface area (Å²) in [6.45, 7) is 3.34. The topological polar surface area (TPSA) is 90.0 Å².